The summed E-state index contributed by atoms with van der Waals surface area (Å²) in [6, 6.07) is 0. The Morgan fingerprint density at radius 1 is 1.27 bits per heavy atom. The van der Waals surface area contributed by atoms with Gasteiger partial charge in [-0.15, -0.1) is 0 Å². The quantitative estimate of drug-likeness (QED) is 0.624. The molecule has 0 aromatic rings. The van der Waals surface area contributed by atoms with Crippen molar-refractivity contribution in [3.63, 3.8) is 0 Å². The van der Waals surface area contributed by atoms with Crippen LogP contribution in [-0.2, 0) is 10.4 Å². The number of nitrogens with zero attached hydrogens (tertiary/aromatic N) is 1. The minimum absolute atomic E-state index is 0.160. The molecule has 0 bridgehead atoms. The molecule has 1 atom stereocenters. The number of rotatable bonds is 3. The van der Waals surface area contributed by atoms with E-state index in [4.69, 9.17) is 17.5 Å². The van der Waals surface area contributed by atoms with E-state index in [0.717, 1.165) is 25.9 Å². The third-order valence-electron chi connectivity index (χ3n) is 2.11. The summed E-state index contributed by atoms with van der Waals surface area (Å²) in [4.78, 5) is 2.17. The molecule has 1 saturated heterocycles. The molecule has 0 radical (unpaired) electrons. The Morgan fingerprint density at radius 3 is 2.00 bits per heavy atom. The van der Waals surface area contributed by atoms with Gasteiger partial charge in [0.1, 0.15) is 6.23 Å². The Kier molecular flexibility index (Phi) is 7.03. The van der Waals surface area contributed by atoms with Crippen LogP contribution >= 0.6 is 0 Å². The van der Waals surface area contributed by atoms with Gasteiger partial charge in [0.25, 0.3) is 0 Å². The van der Waals surface area contributed by atoms with Crippen LogP contribution in [0.1, 0.15) is 32.6 Å². The van der Waals surface area contributed by atoms with Crippen molar-refractivity contribution in [2.45, 2.75) is 38.8 Å². The van der Waals surface area contributed by atoms with Crippen LogP contribution in [0.5, 0.6) is 0 Å². The second-order valence-corrected chi connectivity index (χ2v) is 4.36. The average molecular weight is 241 g/mol. The molecule has 6 nitrogen and oxygen atoms in total. The van der Waals surface area contributed by atoms with Gasteiger partial charge in [0.15, 0.2) is 0 Å². The average Bonchev–Trinajstić information content (AvgIpc) is 2.52. The van der Waals surface area contributed by atoms with Crippen LogP contribution < -0.4 is 0 Å². The predicted molar refractivity (Wildman–Crippen MR) is 55.9 cm³/mol. The van der Waals surface area contributed by atoms with E-state index in [9.17, 15) is 5.11 Å². The minimum Gasteiger partial charge on any atom is -0.378 e. The van der Waals surface area contributed by atoms with E-state index in [-0.39, 0.29) is 6.23 Å². The highest BCUT2D eigenvalue weighted by Crippen LogP contribution is 2.12. The van der Waals surface area contributed by atoms with Gasteiger partial charge in [-0.3, -0.25) is 14.0 Å². The zero-order valence-electron chi connectivity index (χ0n) is 8.83. The third-order valence-corrected chi connectivity index (χ3v) is 2.11. The fourth-order valence-electron chi connectivity index (χ4n) is 1.48. The molecule has 0 saturated carbocycles. The number of aliphatic hydroxyl groups excluding tert-OH is 1. The molecule has 92 valence electrons. The first-order valence-corrected chi connectivity index (χ1v) is 6.36. The van der Waals surface area contributed by atoms with E-state index in [1.165, 1.54) is 12.8 Å². The fraction of sp³-hybridized carbons (Fsp3) is 1.00. The number of aliphatic hydroxyl groups is 1. The van der Waals surface area contributed by atoms with Crippen molar-refractivity contribution >= 4 is 10.4 Å². The molecule has 0 amide bonds. The molecule has 1 rings (SSSR count). The second-order valence-electron chi connectivity index (χ2n) is 3.46. The summed E-state index contributed by atoms with van der Waals surface area (Å²) in [5.74, 6) is 0. The summed E-state index contributed by atoms with van der Waals surface area (Å²) < 4.78 is 31.6. The number of hydrogen-bond donors (Lipinski definition) is 3. The van der Waals surface area contributed by atoms with Crippen molar-refractivity contribution < 1.29 is 22.6 Å². The van der Waals surface area contributed by atoms with Gasteiger partial charge >= 0.3 is 10.4 Å². The molecule has 1 unspecified atom stereocenters. The van der Waals surface area contributed by atoms with E-state index < -0.39 is 10.4 Å². The lowest BCUT2D eigenvalue weighted by atomic mass is 10.3. The van der Waals surface area contributed by atoms with E-state index in [1.54, 1.807) is 0 Å². The normalized spacial score (nSPS) is 19.5. The summed E-state index contributed by atoms with van der Waals surface area (Å²) in [7, 11) is -4.67. The minimum atomic E-state index is -4.67. The molecular weight excluding hydrogens is 222 g/mol. The largest absolute Gasteiger partial charge is 0.394 e. The lowest BCUT2D eigenvalue weighted by Gasteiger charge is -2.21. The first-order chi connectivity index (χ1) is 6.84. The Hall–Kier alpha value is -0.210. The highest BCUT2D eigenvalue weighted by molar-refractivity contribution is 7.79. The van der Waals surface area contributed by atoms with Gasteiger partial charge in [-0.2, -0.15) is 8.42 Å². The molecule has 0 aromatic heterocycles. The second kappa shape index (κ2) is 7.13. The molecule has 3 N–H and O–H groups in total. The van der Waals surface area contributed by atoms with E-state index in [2.05, 4.69) is 11.8 Å². The van der Waals surface area contributed by atoms with Crippen molar-refractivity contribution in [3.8, 4) is 0 Å². The predicted octanol–water partition coefficient (Wildman–Crippen LogP) is 0.548. The lowest BCUT2D eigenvalue weighted by molar-refractivity contribution is 0.0136. The van der Waals surface area contributed by atoms with Crippen LogP contribution in [0.3, 0.4) is 0 Å². The third kappa shape index (κ3) is 10.1. The van der Waals surface area contributed by atoms with Crippen molar-refractivity contribution in [1.29, 1.82) is 0 Å². The van der Waals surface area contributed by atoms with Crippen molar-refractivity contribution in [2.24, 2.45) is 0 Å². The molecule has 7 heteroatoms. The molecule has 0 aromatic carbocycles. The molecular formula is C8H19NO5S. The maximum absolute atomic E-state index is 9.47. The summed E-state index contributed by atoms with van der Waals surface area (Å²) in [6.45, 7) is 4.31. The molecule has 1 aliphatic rings. The van der Waals surface area contributed by atoms with Gasteiger partial charge in [-0.25, -0.2) is 0 Å². The maximum Gasteiger partial charge on any atom is 0.394 e. The van der Waals surface area contributed by atoms with Gasteiger partial charge in [0.2, 0.25) is 0 Å². The molecule has 0 aliphatic carbocycles. The van der Waals surface area contributed by atoms with Crippen molar-refractivity contribution in [3.05, 3.63) is 0 Å². The van der Waals surface area contributed by atoms with E-state index in [1.807, 2.05) is 0 Å². The zero-order valence-corrected chi connectivity index (χ0v) is 9.65. The molecule has 0 spiro atoms. The Bertz CT molecular complexity index is 240. The van der Waals surface area contributed by atoms with Crippen molar-refractivity contribution in [1.82, 2.24) is 4.90 Å². The summed E-state index contributed by atoms with van der Waals surface area (Å²) in [5.41, 5.74) is 0. The highest BCUT2D eigenvalue weighted by atomic mass is 32.3. The van der Waals surface area contributed by atoms with Crippen LogP contribution in [0.2, 0.25) is 0 Å². The molecule has 15 heavy (non-hydrogen) atoms. The maximum atomic E-state index is 9.47. The first-order valence-electron chi connectivity index (χ1n) is 4.96. The summed E-state index contributed by atoms with van der Waals surface area (Å²) in [6.07, 6.45) is 4.38. The van der Waals surface area contributed by atoms with Crippen molar-refractivity contribution in [2.75, 3.05) is 13.1 Å². The molecule has 1 fully saturated rings. The number of likely N-dealkylation sites (tertiary alicyclic amines) is 1. The Balaban J connectivity index is 0.000000336. The summed E-state index contributed by atoms with van der Waals surface area (Å²) >= 11 is 0. The highest BCUT2D eigenvalue weighted by Gasteiger charge is 2.17. The topological polar surface area (TPSA) is 98.1 Å². The first kappa shape index (κ1) is 14.8. The van der Waals surface area contributed by atoms with E-state index >= 15 is 0 Å². The standard InChI is InChI=1S/C8H17NO.H2O4S/c1-2-5-8(10)9-6-3-4-7-9;1-5(2,3)4/h8,10H,2-7H2,1H3;(H2,1,2,3,4). The van der Waals surface area contributed by atoms with Gasteiger partial charge in [-0.05, 0) is 19.3 Å². The lowest BCUT2D eigenvalue weighted by Crippen LogP contribution is -2.31. The Morgan fingerprint density at radius 2 is 1.67 bits per heavy atom. The zero-order chi connectivity index (χ0) is 11.9. The smallest absolute Gasteiger partial charge is 0.378 e. The number of hydrogen-bond acceptors (Lipinski definition) is 4. The van der Waals surface area contributed by atoms with Crippen LogP contribution in [0.15, 0.2) is 0 Å². The fourth-order valence-corrected chi connectivity index (χ4v) is 1.48. The molecule has 1 heterocycles. The SMILES string of the molecule is CCCC(O)N1CCCC1.O=S(=O)(O)O. The Labute approximate surface area is 90.5 Å². The van der Waals surface area contributed by atoms with Gasteiger partial charge in [0.05, 0.1) is 0 Å². The summed E-state index contributed by atoms with van der Waals surface area (Å²) in [5, 5.41) is 9.47. The monoisotopic (exact) mass is 241 g/mol. The van der Waals surface area contributed by atoms with E-state index in [0.29, 0.717) is 0 Å². The van der Waals surface area contributed by atoms with Gasteiger partial charge < -0.3 is 5.11 Å². The molecule has 1 aliphatic heterocycles. The van der Waals surface area contributed by atoms with Crippen LogP contribution in [0, 0.1) is 0 Å². The van der Waals surface area contributed by atoms with Gasteiger partial charge in [-0.1, -0.05) is 13.3 Å². The van der Waals surface area contributed by atoms with Crippen LogP contribution in [-0.4, -0.2) is 46.8 Å². The van der Waals surface area contributed by atoms with Crippen LogP contribution in [0.4, 0.5) is 0 Å². The van der Waals surface area contributed by atoms with Crippen LogP contribution in [0.25, 0.3) is 0 Å². The van der Waals surface area contributed by atoms with Gasteiger partial charge in [0, 0.05) is 13.1 Å².